The average Bonchev–Trinajstić information content (AvgIpc) is 2.91. The van der Waals surface area contributed by atoms with Gasteiger partial charge >= 0.3 is 0 Å². The van der Waals surface area contributed by atoms with Crippen LogP contribution in [-0.4, -0.2) is 40.6 Å². The summed E-state index contributed by atoms with van der Waals surface area (Å²) < 4.78 is 6.91. The standard InChI is InChI=1S/C30H33N3O3/c1-22-14-17-25(18-15-22)33-29(31-27-13-8-7-12-26(27)30(33)35)23(2)32(20-9-21-36-3)28(34)19-16-24-10-5-4-6-11-24/h4-8,10-15,17-18,23H,9,16,19-21H2,1-3H3. The lowest BCUT2D eigenvalue weighted by Gasteiger charge is -2.31. The minimum Gasteiger partial charge on any atom is -0.385 e. The molecular weight excluding hydrogens is 450 g/mol. The van der Waals surface area contributed by atoms with E-state index in [4.69, 9.17) is 9.72 Å². The Morgan fingerprint density at radius 1 is 1.00 bits per heavy atom. The quantitative estimate of drug-likeness (QED) is 0.289. The van der Waals surface area contributed by atoms with Crippen LogP contribution in [0.3, 0.4) is 0 Å². The van der Waals surface area contributed by atoms with Crippen molar-refractivity contribution in [1.29, 1.82) is 0 Å². The van der Waals surface area contributed by atoms with Gasteiger partial charge in [0.1, 0.15) is 5.82 Å². The maximum Gasteiger partial charge on any atom is 0.266 e. The number of benzene rings is 3. The summed E-state index contributed by atoms with van der Waals surface area (Å²) >= 11 is 0. The van der Waals surface area contributed by atoms with Crippen LogP contribution in [0.25, 0.3) is 16.6 Å². The molecule has 0 aliphatic heterocycles. The van der Waals surface area contributed by atoms with Gasteiger partial charge in [-0.3, -0.25) is 14.2 Å². The van der Waals surface area contributed by atoms with E-state index in [1.165, 1.54) is 0 Å². The van der Waals surface area contributed by atoms with E-state index < -0.39 is 6.04 Å². The Kier molecular flexibility index (Phi) is 8.28. The molecule has 186 valence electrons. The molecule has 1 unspecified atom stereocenters. The second-order valence-corrected chi connectivity index (χ2v) is 9.06. The summed E-state index contributed by atoms with van der Waals surface area (Å²) in [5, 5.41) is 0.551. The Hall–Kier alpha value is -3.77. The summed E-state index contributed by atoms with van der Waals surface area (Å²) in [6.07, 6.45) is 1.73. The smallest absolute Gasteiger partial charge is 0.266 e. The van der Waals surface area contributed by atoms with Crippen molar-refractivity contribution in [2.24, 2.45) is 0 Å². The fourth-order valence-corrected chi connectivity index (χ4v) is 4.47. The van der Waals surface area contributed by atoms with Gasteiger partial charge in [-0.15, -0.1) is 0 Å². The molecule has 0 bridgehead atoms. The number of fused-ring (bicyclic) bond motifs is 1. The summed E-state index contributed by atoms with van der Waals surface area (Å²) in [4.78, 5) is 34.0. The number of nitrogens with zero attached hydrogens (tertiary/aromatic N) is 3. The number of amides is 1. The number of para-hydroxylation sites is 1. The van der Waals surface area contributed by atoms with Crippen LogP contribution >= 0.6 is 0 Å². The maximum absolute atomic E-state index is 13.7. The number of rotatable bonds is 10. The van der Waals surface area contributed by atoms with Gasteiger partial charge in [-0.05, 0) is 56.5 Å². The van der Waals surface area contributed by atoms with E-state index in [0.717, 1.165) is 16.8 Å². The highest BCUT2D eigenvalue weighted by Gasteiger charge is 2.26. The van der Waals surface area contributed by atoms with E-state index in [9.17, 15) is 9.59 Å². The van der Waals surface area contributed by atoms with Crippen LogP contribution in [-0.2, 0) is 16.0 Å². The summed E-state index contributed by atoms with van der Waals surface area (Å²) in [7, 11) is 1.66. The van der Waals surface area contributed by atoms with Gasteiger partial charge in [0.15, 0.2) is 0 Å². The zero-order chi connectivity index (χ0) is 25.5. The highest BCUT2D eigenvalue weighted by atomic mass is 16.5. The van der Waals surface area contributed by atoms with Crippen LogP contribution in [0.2, 0.25) is 0 Å². The molecule has 6 heteroatoms. The average molecular weight is 484 g/mol. The van der Waals surface area contributed by atoms with Crippen molar-refractivity contribution < 1.29 is 9.53 Å². The molecule has 4 aromatic rings. The first-order chi connectivity index (χ1) is 17.5. The lowest BCUT2D eigenvalue weighted by atomic mass is 10.1. The number of hydrogen-bond acceptors (Lipinski definition) is 4. The minimum atomic E-state index is -0.413. The third kappa shape index (κ3) is 5.71. The number of carbonyl (C=O) groups is 1. The van der Waals surface area contributed by atoms with Crippen LogP contribution in [0, 0.1) is 6.92 Å². The van der Waals surface area contributed by atoms with Gasteiger partial charge in [-0.25, -0.2) is 4.98 Å². The van der Waals surface area contributed by atoms with Gasteiger partial charge in [0.05, 0.1) is 22.6 Å². The molecule has 0 aliphatic rings. The van der Waals surface area contributed by atoms with Crippen molar-refractivity contribution >= 4 is 16.8 Å². The van der Waals surface area contributed by atoms with Crippen molar-refractivity contribution in [1.82, 2.24) is 14.5 Å². The molecule has 36 heavy (non-hydrogen) atoms. The fraction of sp³-hybridized carbons (Fsp3) is 0.300. The summed E-state index contributed by atoms with van der Waals surface area (Å²) in [6, 6.07) is 24.8. The second kappa shape index (κ2) is 11.8. The fourth-order valence-electron chi connectivity index (χ4n) is 4.47. The summed E-state index contributed by atoms with van der Waals surface area (Å²) in [5.74, 6) is 0.577. The number of methoxy groups -OCH3 is 1. The summed E-state index contributed by atoms with van der Waals surface area (Å²) in [5.41, 5.74) is 3.45. The number of ether oxygens (including phenoxy) is 1. The monoisotopic (exact) mass is 483 g/mol. The molecule has 1 heterocycles. The molecule has 1 amide bonds. The molecule has 0 saturated carbocycles. The van der Waals surface area contributed by atoms with Crippen LogP contribution in [0.15, 0.2) is 83.7 Å². The predicted molar refractivity (Wildman–Crippen MR) is 143 cm³/mol. The predicted octanol–water partition coefficient (Wildman–Crippen LogP) is 5.25. The molecule has 0 saturated heterocycles. The van der Waals surface area contributed by atoms with Crippen molar-refractivity contribution in [2.45, 2.75) is 39.2 Å². The lowest BCUT2D eigenvalue weighted by Crippen LogP contribution is -2.38. The number of aryl methyl sites for hydroxylation is 2. The van der Waals surface area contributed by atoms with Gasteiger partial charge in [0.25, 0.3) is 5.56 Å². The van der Waals surface area contributed by atoms with E-state index >= 15 is 0 Å². The number of hydrogen-bond donors (Lipinski definition) is 0. The molecule has 4 rings (SSSR count). The first-order valence-corrected chi connectivity index (χ1v) is 12.4. The van der Waals surface area contributed by atoms with Gasteiger partial charge < -0.3 is 9.64 Å². The minimum absolute atomic E-state index is 0.0281. The molecular formula is C30H33N3O3. The van der Waals surface area contributed by atoms with Crippen molar-refractivity contribution in [3.05, 3.63) is 106 Å². The van der Waals surface area contributed by atoms with Crippen molar-refractivity contribution in [3.63, 3.8) is 0 Å². The molecule has 0 radical (unpaired) electrons. The summed E-state index contributed by atoms with van der Waals surface area (Å²) in [6.45, 7) is 5.02. The third-order valence-electron chi connectivity index (χ3n) is 6.47. The highest BCUT2D eigenvalue weighted by Crippen LogP contribution is 2.24. The second-order valence-electron chi connectivity index (χ2n) is 9.06. The molecule has 0 N–H and O–H groups in total. The lowest BCUT2D eigenvalue weighted by molar-refractivity contribution is -0.133. The van der Waals surface area contributed by atoms with Crippen LogP contribution < -0.4 is 5.56 Å². The SMILES string of the molecule is COCCCN(C(=O)CCc1ccccc1)C(C)c1nc2ccccc2c(=O)n1-c1ccc(C)cc1. The van der Waals surface area contributed by atoms with Gasteiger partial charge in [0, 0.05) is 26.7 Å². The van der Waals surface area contributed by atoms with Crippen LogP contribution in [0.4, 0.5) is 0 Å². The Morgan fingerprint density at radius 3 is 2.42 bits per heavy atom. The highest BCUT2D eigenvalue weighted by molar-refractivity contribution is 5.79. The molecule has 6 nitrogen and oxygen atoms in total. The molecule has 1 atom stereocenters. The third-order valence-corrected chi connectivity index (χ3v) is 6.47. The molecule has 1 aromatic heterocycles. The van der Waals surface area contributed by atoms with E-state index in [-0.39, 0.29) is 11.5 Å². The van der Waals surface area contributed by atoms with E-state index in [2.05, 4.69) is 0 Å². The molecule has 0 spiro atoms. The van der Waals surface area contributed by atoms with Gasteiger partial charge in [-0.1, -0.05) is 60.2 Å². The van der Waals surface area contributed by atoms with Crippen LogP contribution in [0.1, 0.15) is 42.8 Å². The van der Waals surface area contributed by atoms with E-state index in [1.807, 2.05) is 91.5 Å². The largest absolute Gasteiger partial charge is 0.385 e. The Bertz CT molecular complexity index is 1360. The van der Waals surface area contributed by atoms with Gasteiger partial charge in [-0.2, -0.15) is 0 Å². The Balaban J connectivity index is 1.75. The Labute approximate surface area is 212 Å². The van der Waals surface area contributed by atoms with Crippen LogP contribution in [0.5, 0.6) is 0 Å². The number of carbonyl (C=O) groups excluding carboxylic acids is 1. The zero-order valence-corrected chi connectivity index (χ0v) is 21.2. The first-order valence-electron chi connectivity index (χ1n) is 12.4. The van der Waals surface area contributed by atoms with E-state index in [1.54, 1.807) is 17.7 Å². The molecule has 0 fully saturated rings. The number of aromatic nitrogens is 2. The van der Waals surface area contributed by atoms with E-state index in [0.29, 0.717) is 49.1 Å². The van der Waals surface area contributed by atoms with Gasteiger partial charge in [0.2, 0.25) is 5.91 Å². The maximum atomic E-state index is 13.7. The zero-order valence-electron chi connectivity index (χ0n) is 21.2. The molecule has 0 aliphatic carbocycles. The topological polar surface area (TPSA) is 64.4 Å². The normalized spacial score (nSPS) is 12.0. The van der Waals surface area contributed by atoms with Crippen molar-refractivity contribution in [3.8, 4) is 5.69 Å². The first kappa shape index (κ1) is 25.3. The van der Waals surface area contributed by atoms with Crippen molar-refractivity contribution in [2.75, 3.05) is 20.3 Å². The Morgan fingerprint density at radius 2 is 1.69 bits per heavy atom. The molecule has 3 aromatic carbocycles.